The molecule has 126 valence electrons. The second-order valence-corrected chi connectivity index (χ2v) is 5.64. The van der Waals surface area contributed by atoms with Crippen LogP contribution in [0.4, 0.5) is 8.78 Å². The number of hydrogen-bond acceptors (Lipinski definition) is 3. The summed E-state index contributed by atoms with van der Waals surface area (Å²) in [5.41, 5.74) is -0.147. The van der Waals surface area contributed by atoms with Gasteiger partial charge in [-0.15, -0.1) is 0 Å². The highest BCUT2D eigenvalue weighted by atomic mass is 19.1. The monoisotopic (exact) mass is 326 g/mol. The summed E-state index contributed by atoms with van der Waals surface area (Å²) < 4.78 is 31.3. The fourth-order valence-corrected chi connectivity index (χ4v) is 2.72. The van der Waals surface area contributed by atoms with Crippen LogP contribution in [0.3, 0.4) is 0 Å². The number of benzene rings is 1. The first-order chi connectivity index (χ1) is 11.0. The Morgan fingerprint density at radius 3 is 2.65 bits per heavy atom. The average molecular weight is 326 g/mol. The normalized spacial score (nSPS) is 17.9. The van der Waals surface area contributed by atoms with Crippen molar-refractivity contribution < 1.29 is 23.1 Å². The molecule has 0 aliphatic carbocycles. The number of likely N-dealkylation sites (tertiary alicyclic amines) is 1. The lowest BCUT2D eigenvalue weighted by Crippen LogP contribution is -2.45. The molecule has 1 aromatic carbocycles. The topological polar surface area (TPSA) is 58.6 Å². The van der Waals surface area contributed by atoms with Crippen LogP contribution in [0, 0.1) is 17.6 Å². The molecule has 2 rings (SSSR count). The third-order valence-corrected chi connectivity index (χ3v) is 3.80. The van der Waals surface area contributed by atoms with E-state index in [0.29, 0.717) is 31.7 Å². The number of carbonyl (C=O) groups is 2. The Bertz CT molecular complexity index is 558. The van der Waals surface area contributed by atoms with Crippen molar-refractivity contribution in [3.63, 3.8) is 0 Å². The molecule has 2 amide bonds. The highest BCUT2D eigenvalue weighted by Gasteiger charge is 2.23. The molecule has 1 saturated heterocycles. The summed E-state index contributed by atoms with van der Waals surface area (Å²) in [4.78, 5) is 25.7. The largest absolute Gasteiger partial charge is 0.384 e. The Kier molecular flexibility index (Phi) is 6.04. The molecule has 0 saturated carbocycles. The Morgan fingerprint density at radius 2 is 2.00 bits per heavy atom. The van der Waals surface area contributed by atoms with Crippen molar-refractivity contribution in [3.8, 4) is 0 Å². The predicted molar refractivity (Wildman–Crippen MR) is 79.9 cm³/mol. The van der Waals surface area contributed by atoms with Crippen molar-refractivity contribution >= 4 is 11.8 Å². The summed E-state index contributed by atoms with van der Waals surface area (Å²) in [6.07, 6.45) is 1.90. The Morgan fingerprint density at radius 1 is 1.30 bits per heavy atom. The number of ether oxygens (including phenoxy) is 1. The first-order valence-corrected chi connectivity index (χ1v) is 7.50. The molecule has 1 heterocycles. The maximum atomic E-state index is 13.1. The second kappa shape index (κ2) is 8.01. The van der Waals surface area contributed by atoms with Crippen LogP contribution in [0.25, 0.3) is 0 Å². The van der Waals surface area contributed by atoms with E-state index in [1.807, 2.05) is 0 Å². The highest BCUT2D eigenvalue weighted by Crippen LogP contribution is 2.16. The van der Waals surface area contributed by atoms with Gasteiger partial charge in [0.1, 0.15) is 11.6 Å². The van der Waals surface area contributed by atoms with E-state index in [0.717, 1.165) is 25.0 Å². The maximum absolute atomic E-state index is 13.1. The smallest absolute Gasteiger partial charge is 0.251 e. The zero-order valence-electron chi connectivity index (χ0n) is 13.0. The van der Waals surface area contributed by atoms with Gasteiger partial charge in [0.25, 0.3) is 5.91 Å². The van der Waals surface area contributed by atoms with Crippen molar-refractivity contribution in [1.29, 1.82) is 0 Å². The molecule has 5 nitrogen and oxygen atoms in total. The summed E-state index contributed by atoms with van der Waals surface area (Å²) in [5.74, 6) is -2.26. The van der Waals surface area contributed by atoms with E-state index in [1.54, 1.807) is 12.0 Å². The van der Waals surface area contributed by atoms with Gasteiger partial charge in [-0.05, 0) is 30.9 Å². The molecule has 1 fully saturated rings. The fraction of sp³-hybridized carbons (Fsp3) is 0.500. The van der Waals surface area contributed by atoms with E-state index in [-0.39, 0.29) is 18.0 Å². The van der Waals surface area contributed by atoms with Crippen LogP contribution in [0.2, 0.25) is 0 Å². The molecule has 0 bridgehead atoms. The van der Waals surface area contributed by atoms with Gasteiger partial charge in [0.15, 0.2) is 0 Å². The number of piperidine rings is 1. The molecule has 7 heteroatoms. The van der Waals surface area contributed by atoms with Crippen LogP contribution in [0.5, 0.6) is 0 Å². The molecule has 0 radical (unpaired) electrons. The minimum absolute atomic E-state index is 0.147. The van der Waals surface area contributed by atoms with Crippen molar-refractivity contribution in [1.82, 2.24) is 10.2 Å². The quantitative estimate of drug-likeness (QED) is 0.894. The molecular weight excluding hydrogens is 306 g/mol. The van der Waals surface area contributed by atoms with Gasteiger partial charge in [0.2, 0.25) is 5.91 Å². The molecule has 1 atom stereocenters. The van der Waals surface area contributed by atoms with Crippen molar-refractivity contribution in [3.05, 3.63) is 35.4 Å². The number of amides is 2. The number of halogens is 2. The standard InChI is InChI=1S/C16H20F2N2O3/c1-23-10-11-3-2-4-20(9-11)15(21)8-19-16(22)12-5-13(17)7-14(18)6-12/h5-7,11H,2-4,8-10H2,1H3,(H,19,22)/t11-/m0/s1. The minimum Gasteiger partial charge on any atom is -0.384 e. The molecule has 23 heavy (non-hydrogen) atoms. The van der Waals surface area contributed by atoms with Gasteiger partial charge in [-0.25, -0.2) is 8.78 Å². The first-order valence-electron chi connectivity index (χ1n) is 7.50. The SMILES string of the molecule is COC[C@H]1CCCN(C(=O)CNC(=O)c2cc(F)cc(F)c2)C1. The summed E-state index contributed by atoms with van der Waals surface area (Å²) >= 11 is 0. The Hall–Kier alpha value is -2.02. The van der Waals surface area contributed by atoms with E-state index in [9.17, 15) is 18.4 Å². The van der Waals surface area contributed by atoms with Crippen LogP contribution < -0.4 is 5.32 Å². The van der Waals surface area contributed by atoms with E-state index in [2.05, 4.69) is 5.32 Å². The van der Waals surface area contributed by atoms with E-state index in [4.69, 9.17) is 4.74 Å². The van der Waals surface area contributed by atoms with Gasteiger partial charge < -0.3 is 15.0 Å². The van der Waals surface area contributed by atoms with Crippen LogP contribution in [-0.4, -0.2) is 50.1 Å². The van der Waals surface area contributed by atoms with Crippen LogP contribution in [0.15, 0.2) is 18.2 Å². The van der Waals surface area contributed by atoms with Gasteiger partial charge in [-0.1, -0.05) is 0 Å². The van der Waals surface area contributed by atoms with Gasteiger partial charge >= 0.3 is 0 Å². The summed E-state index contributed by atoms with van der Waals surface area (Å²) in [6.45, 7) is 1.63. The Labute approximate surface area is 133 Å². The second-order valence-electron chi connectivity index (χ2n) is 5.64. The zero-order chi connectivity index (χ0) is 16.8. The number of methoxy groups -OCH3 is 1. The Balaban J connectivity index is 1.87. The van der Waals surface area contributed by atoms with E-state index < -0.39 is 17.5 Å². The number of nitrogens with zero attached hydrogens (tertiary/aromatic N) is 1. The molecule has 1 aliphatic rings. The fourth-order valence-electron chi connectivity index (χ4n) is 2.72. The van der Waals surface area contributed by atoms with Crippen molar-refractivity contribution in [2.75, 3.05) is 33.4 Å². The number of rotatable bonds is 5. The van der Waals surface area contributed by atoms with E-state index in [1.165, 1.54) is 0 Å². The average Bonchev–Trinajstić information content (AvgIpc) is 2.52. The lowest BCUT2D eigenvalue weighted by atomic mass is 9.99. The maximum Gasteiger partial charge on any atom is 0.251 e. The zero-order valence-corrected chi connectivity index (χ0v) is 13.0. The summed E-state index contributed by atoms with van der Waals surface area (Å²) in [7, 11) is 1.62. The summed E-state index contributed by atoms with van der Waals surface area (Å²) in [6, 6.07) is 2.54. The highest BCUT2D eigenvalue weighted by molar-refractivity contribution is 5.96. The van der Waals surface area contributed by atoms with Crippen LogP contribution >= 0.6 is 0 Å². The molecule has 1 aromatic rings. The summed E-state index contributed by atoms with van der Waals surface area (Å²) in [5, 5.41) is 2.40. The third-order valence-electron chi connectivity index (χ3n) is 3.80. The van der Waals surface area contributed by atoms with E-state index >= 15 is 0 Å². The number of nitrogens with one attached hydrogen (secondary N) is 1. The minimum atomic E-state index is -0.833. The van der Waals surface area contributed by atoms with Crippen molar-refractivity contribution in [2.45, 2.75) is 12.8 Å². The molecule has 0 aromatic heterocycles. The van der Waals surface area contributed by atoms with Gasteiger partial charge in [-0.2, -0.15) is 0 Å². The molecular formula is C16H20F2N2O3. The lowest BCUT2D eigenvalue weighted by Gasteiger charge is -2.32. The van der Waals surface area contributed by atoms with Crippen molar-refractivity contribution in [2.24, 2.45) is 5.92 Å². The van der Waals surface area contributed by atoms with Gasteiger partial charge in [0, 0.05) is 31.8 Å². The van der Waals surface area contributed by atoms with Crippen LogP contribution in [-0.2, 0) is 9.53 Å². The number of hydrogen-bond donors (Lipinski definition) is 1. The first kappa shape index (κ1) is 17.3. The molecule has 0 spiro atoms. The third kappa shape index (κ3) is 4.99. The molecule has 0 unspecified atom stereocenters. The van der Waals surface area contributed by atoms with Gasteiger partial charge in [0.05, 0.1) is 13.2 Å². The molecule has 1 N–H and O–H groups in total. The predicted octanol–water partition coefficient (Wildman–Crippen LogP) is 1.58. The van der Waals surface area contributed by atoms with Gasteiger partial charge in [-0.3, -0.25) is 9.59 Å². The number of carbonyl (C=O) groups excluding carboxylic acids is 2. The molecule has 1 aliphatic heterocycles. The lowest BCUT2D eigenvalue weighted by molar-refractivity contribution is -0.132. The van der Waals surface area contributed by atoms with Crippen LogP contribution in [0.1, 0.15) is 23.2 Å².